The van der Waals surface area contributed by atoms with E-state index in [2.05, 4.69) is 11.6 Å². The van der Waals surface area contributed by atoms with Gasteiger partial charge in [0.25, 0.3) is 11.5 Å². The number of nitrogens with zero attached hydrogens (tertiary/aromatic N) is 2. The normalized spacial score (nSPS) is 25.1. The van der Waals surface area contributed by atoms with Crippen molar-refractivity contribution in [2.45, 2.75) is 95.4 Å². The van der Waals surface area contributed by atoms with Crippen molar-refractivity contribution in [2.75, 3.05) is 0 Å². The van der Waals surface area contributed by atoms with Gasteiger partial charge in [-0.2, -0.15) is 0 Å². The van der Waals surface area contributed by atoms with Crippen LogP contribution in [0.5, 0.6) is 0 Å². The maximum atomic E-state index is 15.0. The quantitative estimate of drug-likeness (QED) is 0.694. The summed E-state index contributed by atoms with van der Waals surface area (Å²) in [7, 11) is -1.25. The number of nitrogens with one attached hydrogen (secondary N) is 1. The smallest absolute Gasteiger partial charge is 0.261 e. The lowest BCUT2D eigenvalue weighted by molar-refractivity contribution is -0.0584. The van der Waals surface area contributed by atoms with Crippen molar-refractivity contribution >= 4 is 21.9 Å². The van der Waals surface area contributed by atoms with Gasteiger partial charge < -0.3 is 0 Å². The number of hydrogen-bond donors (Lipinski definition) is 1. The van der Waals surface area contributed by atoms with Gasteiger partial charge in [0.15, 0.2) is 0 Å². The van der Waals surface area contributed by atoms with E-state index in [4.69, 9.17) is 4.98 Å². The number of benzene rings is 1. The lowest BCUT2D eigenvalue weighted by Gasteiger charge is -2.30. The SMILES string of the molecule is CCCC(C)S(=O)N[C@@H](C)c1cc(C)cc2c(=O)n3c(nc12)[C@]1(CCCC1(F)F)CC3. The van der Waals surface area contributed by atoms with E-state index in [1.54, 1.807) is 6.07 Å². The zero-order valence-electron chi connectivity index (χ0n) is 18.6. The molecule has 0 amide bonds. The Hall–Kier alpha value is -1.67. The highest BCUT2D eigenvalue weighted by molar-refractivity contribution is 7.83. The first-order chi connectivity index (χ1) is 14.6. The number of halogens is 2. The lowest BCUT2D eigenvalue weighted by Crippen LogP contribution is -2.40. The molecule has 2 aromatic rings. The van der Waals surface area contributed by atoms with Gasteiger partial charge in [0.05, 0.1) is 27.3 Å². The minimum absolute atomic E-state index is 0.00759. The molecule has 1 aliphatic carbocycles. The highest BCUT2D eigenvalue weighted by Gasteiger charge is 2.62. The molecule has 8 heteroatoms. The third-order valence-corrected chi connectivity index (χ3v) is 8.59. The van der Waals surface area contributed by atoms with E-state index >= 15 is 0 Å². The Morgan fingerprint density at radius 1 is 1.26 bits per heavy atom. The van der Waals surface area contributed by atoms with Crippen LogP contribution in [-0.2, 0) is 22.9 Å². The maximum Gasteiger partial charge on any atom is 0.261 e. The Bertz CT molecular complexity index is 1100. The van der Waals surface area contributed by atoms with Crippen molar-refractivity contribution in [1.29, 1.82) is 0 Å². The zero-order valence-corrected chi connectivity index (χ0v) is 19.5. The van der Waals surface area contributed by atoms with Crippen LogP contribution in [-0.4, -0.2) is 24.9 Å². The molecule has 1 spiro atoms. The van der Waals surface area contributed by atoms with Gasteiger partial charge in [0.1, 0.15) is 5.82 Å². The van der Waals surface area contributed by atoms with Gasteiger partial charge in [0, 0.05) is 24.3 Å². The van der Waals surface area contributed by atoms with Crippen molar-refractivity contribution in [1.82, 2.24) is 14.3 Å². The third kappa shape index (κ3) is 3.55. The number of aromatic nitrogens is 2. The average molecular weight is 452 g/mol. The molecule has 2 aliphatic rings. The Labute approximate surface area is 184 Å². The zero-order chi connectivity index (χ0) is 22.6. The predicted molar refractivity (Wildman–Crippen MR) is 120 cm³/mol. The summed E-state index contributed by atoms with van der Waals surface area (Å²) in [4.78, 5) is 18.1. The van der Waals surface area contributed by atoms with Crippen LogP contribution >= 0.6 is 0 Å². The molecule has 5 nitrogen and oxygen atoms in total. The van der Waals surface area contributed by atoms with Gasteiger partial charge in [-0.25, -0.2) is 22.7 Å². The van der Waals surface area contributed by atoms with E-state index in [9.17, 15) is 17.8 Å². The molecule has 1 N–H and O–H groups in total. The second kappa shape index (κ2) is 8.03. The molecule has 2 heterocycles. The summed E-state index contributed by atoms with van der Waals surface area (Å²) in [5, 5.41) is 0.435. The molecular formula is C23H31F2N3O2S. The first kappa shape index (κ1) is 22.5. The lowest BCUT2D eigenvalue weighted by atomic mass is 9.81. The fourth-order valence-corrected chi connectivity index (χ4v) is 6.46. The van der Waals surface area contributed by atoms with Crippen LogP contribution < -0.4 is 10.3 Å². The molecule has 170 valence electrons. The van der Waals surface area contributed by atoms with Crippen LogP contribution in [0.4, 0.5) is 8.78 Å². The standard InChI is InChI=1S/C23H31F2N3O2S/c1-5-7-15(3)31(30)27-16(4)17-12-14(2)13-18-19(17)26-21-22(8-6-9-23(22,24)25)10-11-28(21)20(18)29/h12-13,15-16,27H,5-11H2,1-4H3/t15?,16-,22-,31?/m0/s1. The van der Waals surface area contributed by atoms with Crippen molar-refractivity contribution in [2.24, 2.45) is 0 Å². The fourth-order valence-electron chi connectivity index (χ4n) is 5.30. The van der Waals surface area contributed by atoms with Crippen LogP contribution in [0.1, 0.15) is 82.3 Å². The first-order valence-corrected chi connectivity index (χ1v) is 12.4. The van der Waals surface area contributed by atoms with Crippen LogP contribution in [0.25, 0.3) is 10.9 Å². The van der Waals surface area contributed by atoms with Crippen LogP contribution in [0.3, 0.4) is 0 Å². The summed E-state index contributed by atoms with van der Waals surface area (Å²) in [5.41, 5.74) is 0.471. The largest absolute Gasteiger partial charge is 0.295 e. The van der Waals surface area contributed by atoms with Crippen molar-refractivity contribution in [3.63, 3.8) is 0 Å². The van der Waals surface area contributed by atoms with Gasteiger partial charge >= 0.3 is 0 Å². The van der Waals surface area contributed by atoms with Crippen molar-refractivity contribution in [3.8, 4) is 0 Å². The van der Waals surface area contributed by atoms with E-state index in [-0.39, 0.29) is 42.1 Å². The Balaban J connectivity index is 1.84. The fraction of sp³-hybridized carbons (Fsp3) is 0.652. The second-order valence-electron chi connectivity index (χ2n) is 9.27. The Kier molecular flexibility index (Phi) is 5.83. The molecule has 31 heavy (non-hydrogen) atoms. The molecule has 1 aromatic carbocycles. The number of fused-ring (bicyclic) bond motifs is 3. The number of alkyl halides is 2. The van der Waals surface area contributed by atoms with E-state index in [0.29, 0.717) is 23.7 Å². The summed E-state index contributed by atoms with van der Waals surface area (Å²) in [6.45, 7) is 8.06. The molecule has 0 saturated heterocycles. The molecule has 4 atom stereocenters. The highest BCUT2D eigenvalue weighted by atomic mass is 32.2. The van der Waals surface area contributed by atoms with Crippen LogP contribution in [0.15, 0.2) is 16.9 Å². The Morgan fingerprint density at radius 2 is 2.00 bits per heavy atom. The third-order valence-electron chi connectivity index (χ3n) is 7.04. The number of hydrogen-bond acceptors (Lipinski definition) is 3. The van der Waals surface area contributed by atoms with Crippen LogP contribution in [0.2, 0.25) is 0 Å². The molecule has 1 aliphatic heterocycles. The summed E-state index contributed by atoms with van der Waals surface area (Å²) >= 11 is 0. The number of rotatable bonds is 6. The average Bonchev–Trinajstić information content (AvgIpc) is 3.23. The molecule has 0 bridgehead atoms. The first-order valence-electron chi connectivity index (χ1n) is 11.2. The maximum absolute atomic E-state index is 15.0. The summed E-state index contributed by atoms with van der Waals surface area (Å²) in [6, 6.07) is 3.36. The van der Waals surface area contributed by atoms with Gasteiger partial charge in [-0.3, -0.25) is 9.36 Å². The molecular weight excluding hydrogens is 420 g/mol. The minimum atomic E-state index is -2.86. The monoisotopic (exact) mass is 451 g/mol. The molecule has 4 rings (SSSR count). The molecule has 0 radical (unpaired) electrons. The van der Waals surface area contributed by atoms with Gasteiger partial charge in [-0.15, -0.1) is 0 Å². The van der Waals surface area contributed by atoms with E-state index < -0.39 is 22.3 Å². The topological polar surface area (TPSA) is 64.0 Å². The summed E-state index contributed by atoms with van der Waals surface area (Å²) in [6.07, 6.45) is 2.66. The van der Waals surface area contributed by atoms with Crippen LogP contribution in [0, 0.1) is 6.92 Å². The molecule has 1 saturated carbocycles. The van der Waals surface area contributed by atoms with E-state index in [0.717, 1.165) is 24.0 Å². The predicted octanol–water partition coefficient (Wildman–Crippen LogP) is 4.67. The van der Waals surface area contributed by atoms with Gasteiger partial charge in [-0.05, 0) is 63.6 Å². The summed E-state index contributed by atoms with van der Waals surface area (Å²) < 4.78 is 47.2. The highest BCUT2D eigenvalue weighted by Crippen LogP contribution is 2.55. The van der Waals surface area contributed by atoms with Gasteiger partial charge in [0.2, 0.25) is 0 Å². The molecule has 1 aromatic heterocycles. The number of aryl methyl sites for hydroxylation is 1. The minimum Gasteiger partial charge on any atom is -0.295 e. The second-order valence-corrected chi connectivity index (χ2v) is 10.9. The van der Waals surface area contributed by atoms with E-state index in [1.807, 2.05) is 26.8 Å². The Morgan fingerprint density at radius 3 is 2.65 bits per heavy atom. The van der Waals surface area contributed by atoms with Crippen molar-refractivity contribution < 1.29 is 13.0 Å². The molecule has 1 fully saturated rings. The van der Waals surface area contributed by atoms with E-state index in [1.165, 1.54) is 4.57 Å². The summed E-state index contributed by atoms with van der Waals surface area (Å²) in [5.74, 6) is -2.63. The van der Waals surface area contributed by atoms with Gasteiger partial charge in [-0.1, -0.05) is 19.4 Å². The molecule has 2 unspecified atom stereocenters. The van der Waals surface area contributed by atoms with Crippen molar-refractivity contribution in [3.05, 3.63) is 39.4 Å².